The summed E-state index contributed by atoms with van der Waals surface area (Å²) in [7, 11) is 1.38. The van der Waals surface area contributed by atoms with Crippen molar-refractivity contribution in [2.24, 2.45) is 0 Å². The van der Waals surface area contributed by atoms with Gasteiger partial charge >= 0.3 is 5.97 Å². The fraction of sp³-hybridized carbons (Fsp3) is 0.542. The number of aryl methyl sites for hydroxylation is 1. The summed E-state index contributed by atoms with van der Waals surface area (Å²) in [5, 5.41) is 0.705. The third-order valence-corrected chi connectivity index (χ3v) is 6.41. The molecular weight excluding hydrogens is 430 g/mol. The zero-order valence-corrected chi connectivity index (χ0v) is 19.7. The lowest BCUT2D eigenvalue weighted by atomic mass is 10.1. The number of aromatic nitrogens is 2. The highest BCUT2D eigenvalue weighted by molar-refractivity contribution is 6.31. The van der Waals surface area contributed by atoms with Gasteiger partial charge in [-0.2, -0.15) is 4.98 Å². The number of nitrogens with zero attached hydrogens (tertiary/aromatic N) is 3. The molecule has 1 aromatic carbocycles. The van der Waals surface area contributed by atoms with Crippen molar-refractivity contribution < 1.29 is 19.0 Å². The third-order valence-electron chi connectivity index (χ3n) is 5.99. The smallest absolute Gasteiger partial charge is 0.350 e. The highest BCUT2D eigenvalue weighted by atomic mass is 35.5. The lowest BCUT2D eigenvalue weighted by molar-refractivity contribution is -0.151. The maximum atomic E-state index is 12.2. The molecule has 0 amide bonds. The standard InChI is InChI=1S/C24H30ClN3O4/c1-4-13-31-18-7-11-28(12-8-18)23-26-20(17-5-6-19(25)16(2)14-17)15-21(27-23)32-24(9-10-24)22(29)30-3/h5-6,14-15,18H,4,7-13H2,1-3H3. The van der Waals surface area contributed by atoms with Crippen molar-refractivity contribution in [3.63, 3.8) is 0 Å². The van der Waals surface area contributed by atoms with Crippen LogP contribution in [0.25, 0.3) is 11.3 Å². The van der Waals surface area contributed by atoms with Crippen LogP contribution in [0.5, 0.6) is 5.88 Å². The molecule has 1 aliphatic heterocycles. The number of methoxy groups -OCH3 is 1. The van der Waals surface area contributed by atoms with Gasteiger partial charge in [0.2, 0.25) is 17.4 Å². The van der Waals surface area contributed by atoms with E-state index >= 15 is 0 Å². The second kappa shape index (κ2) is 9.63. The van der Waals surface area contributed by atoms with Crippen molar-refractivity contribution in [3.8, 4) is 17.1 Å². The van der Waals surface area contributed by atoms with E-state index in [-0.39, 0.29) is 12.1 Å². The van der Waals surface area contributed by atoms with Crippen LogP contribution in [0, 0.1) is 6.92 Å². The van der Waals surface area contributed by atoms with Crippen LogP contribution in [0.1, 0.15) is 44.6 Å². The number of carbonyl (C=O) groups is 1. The predicted octanol–water partition coefficient (Wildman–Crippen LogP) is 4.59. The number of anilines is 1. The molecule has 2 aromatic rings. The van der Waals surface area contributed by atoms with E-state index < -0.39 is 5.60 Å². The Labute approximate surface area is 194 Å². The molecule has 2 aliphatic rings. The average molecular weight is 460 g/mol. The van der Waals surface area contributed by atoms with Gasteiger partial charge in [0.1, 0.15) is 0 Å². The zero-order chi connectivity index (χ0) is 22.7. The van der Waals surface area contributed by atoms with Crippen molar-refractivity contribution in [1.29, 1.82) is 0 Å². The summed E-state index contributed by atoms with van der Waals surface area (Å²) >= 11 is 6.22. The summed E-state index contributed by atoms with van der Waals surface area (Å²) in [6, 6.07) is 7.58. The second-order valence-corrected chi connectivity index (χ2v) is 8.91. The number of esters is 1. The van der Waals surface area contributed by atoms with E-state index in [1.54, 1.807) is 6.07 Å². The molecule has 7 nitrogen and oxygen atoms in total. The summed E-state index contributed by atoms with van der Waals surface area (Å²) in [6.07, 6.45) is 4.39. The van der Waals surface area contributed by atoms with Gasteiger partial charge in [-0.3, -0.25) is 0 Å². The SMILES string of the molecule is CCCOC1CCN(c2nc(OC3(C(=O)OC)CC3)cc(-c3ccc(Cl)c(C)c3)n2)CC1. The third kappa shape index (κ3) is 4.99. The number of benzene rings is 1. The molecule has 0 unspecified atom stereocenters. The largest absolute Gasteiger partial charge is 0.466 e. The summed E-state index contributed by atoms with van der Waals surface area (Å²) < 4.78 is 16.9. The van der Waals surface area contributed by atoms with Gasteiger partial charge in [0.15, 0.2) is 0 Å². The van der Waals surface area contributed by atoms with E-state index in [2.05, 4.69) is 16.8 Å². The van der Waals surface area contributed by atoms with Gasteiger partial charge < -0.3 is 19.1 Å². The first-order valence-electron chi connectivity index (χ1n) is 11.2. The van der Waals surface area contributed by atoms with Crippen LogP contribution in [-0.4, -0.2) is 54.4 Å². The molecule has 8 heteroatoms. The van der Waals surface area contributed by atoms with E-state index in [1.165, 1.54) is 7.11 Å². The van der Waals surface area contributed by atoms with Crippen LogP contribution >= 0.6 is 11.6 Å². The molecule has 1 saturated heterocycles. The topological polar surface area (TPSA) is 73.8 Å². The van der Waals surface area contributed by atoms with E-state index in [0.29, 0.717) is 29.7 Å². The van der Waals surface area contributed by atoms with Gasteiger partial charge in [-0.25, -0.2) is 9.78 Å². The Morgan fingerprint density at radius 3 is 2.59 bits per heavy atom. The number of hydrogen-bond donors (Lipinski definition) is 0. The number of ether oxygens (including phenoxy) is 3. The van der Waals surface area contributed by atoms with Gasteiger partial charge in [-0.05, 0) is 43.9 Å². The summed E-state index contributed by atoms with van der Waals surface area (Å²) in [4.78, 5) is 23.9. The first-order valence-corrected chi connectivity index (χ1v) is 11.6. The zero-order valence-electron chi connectivity index (χ0n) is 18.9. The van der Waals surface area contributed by atoms with E-state index in [0.717, 1.165) is 55.8 Å². The van der Waals surface area contributed by atoms with E-state index in [9.17, 15) is 4.79 Å². The Morgan fingerprint density at radius 2 is 1.97 bits per heavy atom. The van der Waals surface area contributed by atoms with Crippen LogP contribution in [0.3, 0.4) is 0 Å². The maximum Gasteiger partial charge on any atom is 0.350 e. The van der Waals surface area contributed by atoms with E-state index in [1.807, 2.05) is 25.1 Å². The fourth-order valence-corrected chi connectivity index (χ4v) is 4.03. The fourth-order valence-electron chi connectivity index (χ4n) is 3.91. The Hall–Kier alpha value is -2.38. The molecule has 4 rings (SSSR count). The van der Waals surface area contributed by atoms with Gasteiger partial charge in [0.05, 0.1) is 18.9 Å². The lowest BCUT2D eigenvalue weighted by Crippen LogP contribution is -2.38. The molecule has 0 spiro atoms. The van der Waals surface area contributed by atoms with E-state index in [4.69, 9.17) is 30.8 Å². The molecule has 1 aromatic heterocycles. The number of piperidine rings is 1. The summed E-state index contributed by atoms with van der Waals surface area (Å²) in [5.41, 5.74) is 1.68. The minimum Gasteiger partial charge on any atom is -0.466 e. The molecule has 0 N–H and O–H groups in total. The molecule has 2 heterocycles. The predicted molar refractivity (Wildman–Crippen MR) is 123 cm³/mol. The van der Waals surface area contributed by atoms with Crippen LogP contribution in [0.4, 0.5) is 5.95 Å². The first-order chi connectivity index (χ1) is 15.4. The molecule has 1 aliphatic carbocycles. The molecular formula is C24H30ClN3O4. The average Bonchev–Trinajstić information content (AvgIpc) is 3.59. The van der Waals surface area contributed by atoms with Gasteiger partial charge in [-0.15, -0.1) is 0 Å². The highest BCUT2D eigenvalue weighted by Crippen LogP contribution is 2.42. The van der Waals surface area contributed by atoms with Crippen molar-refractivity contribution in [2.45, 2.75) is 57.7 Å². The molecule has 32 heavy (non-hydrogen) atoms. The van der Waals surface area contributed by atoms with Crippen molar-refractivity contribution in [3.05, 3.63) is 34.9 Å². The molecule has 172 valence electrons. The number of carbonyl (C=O) groups excluding carboxylic acids is 1. The Balaban J connectivity index is 1.62. The Kier molecular flexibility index (Phi) is 6.86. The van der Waals surface area contributed by atoms with Crippen molar-refractivity contribution in [1.82, 2.24) is 9.97 Å². The van der Waals surface area contributed by atoms with Crippen LogP contribution in [-0.2, 0) is 14.3 Å². The quantitative estimate of drug-likeness (QED) is 0.534. The summed E-state index contributed by atoms with van der Waals surface area (Å²) in [5.74, 6) is 0.611. The van der Waals surface area contributed by atoms with Gasteiger partial charge in [0.25, 0.3) is 0 Å². The van der Waals surface area contributed by atoms with Crippen LogP contribution in [0.15, 0.2) is 24.3 Å². The van der Waals surface area contributed by atoms with Gasteiger partial charge in [0, 0.05) is 49.2 Å². The minimum atomic E-state index is -0.936. The summed E-state index contributed by atoms with van der Waals surface area (Å²) in [6.45, 7) is 6.48. The molecule has 1 saturated carbocycles. The minimum absolute atomic E-state index is 0.276. The van der Waals surface area contributed by atoms with Crippen molar-refractivity contribution >= 4 is 23.5 Å². The number of rotatable bonds is 8. The van der Waals surface area contributed by atoms with Crippen molar-refractivity contribution in [2.75, 3.05) is 31.7 Å². The lowest BCUT2D eigenvalue weighted by Gasteiger charge is -2.32. The molecule has 0 radical (unpaired) electrons. The molecule has 0 bridgehead atoms. The molecule has 0 atom stereocenters. The maximum absolute atomic E-state index is 12.2. The number of halogens is 1. The molecule has 2 fully saturated rings. The highest BCUT2D eigenvalue weighted by Gasteiger charge is 2.54. The monoisotopic (exact) mass is 459 g/mol. The first kappa shape index (κ1) is 22.8. The second-order valence-electron chi connectivity index (χ2n) is 8.50. The van der Waals surface area contributed by atoms with Crippen LogP contribution < -0.4 is 9.64 Å². The van der Waals surface area contributed by atoms with Gasteiger partial charge in [-0.1, -0.05) is 24.6 Å². The Morgan fingerprint density at radius 1 is 1.22 bits per heavy atom. The normalized spacial score (nSPS) is 17.8. The number of hydrogen-bond acceptors (Lipinski definition) is 7. The van der Waals surface area contributed by atoms with Crippen LogP contribution in [0.2, 0.25) is 5.02 Å². The Bertz CT molecular complexity index is 972.